The highest BCUT2D eigenvalue weighted by atomic mass is 35.5. The highest BCUT2D eigenvalue weighted by Crippen LogP contribution is 2.24. The van der Waals surface area contributed by atoms with Crippen molar-refractivity contribution in [1.82, 2.24) is 10.9 Å². The van der Waals surface area contributed by atoms with Gasteiger partial charge in [0.25, 0.3) is 11.8 Å². The van der Waals surface area contributed by atoms with Gasteiger partial charge in [-0.1, -0.05) is 35.9 Å². The van der Waals surface area contributed by atoms with Crippen LogP contribution in [-0.4, -0.2) is 25.0 Å². The second-order valence-electron chi connectivity index (χ2n) is 5.37. The lowest BCUT2D eigenvalue weighted by Gasteiger charge is -2.11. The number of hydrazine groups is 1. The molecule has 0 saturated carbocycles. The molecule has 0 aliphatic rings. The summed E-state index contributed by atoms with van der Waals surface area (Å²) in [4.78, 5) is 23.4. The van der Waals surface area contributed by atoms with E-state index in [2.05, 4.69) is 10.9 Å². The van der Waals surface area contributed by atoms with E-state index >= 15 is 0 Å². The number of para-hydroxylation sites is 1. The molecular weight excluding hydrogens is 344 g/mol. The van der Waals surface area contributed by atoms with Crippen LogP contribution in [0.3, 0.4) is 0 Å². The fourth-order valence-corrected chi connectivity index (χ4v) is 2.11. The first-order valence-electron chi connectivity index (χ1n) is 7.61. The van der Waals surface area contributed by atoms with Gasteiger partial charge in [-0.3, -0.25) is 20.4 Å². The lowest BCUT2D eigenvalue weighted by molar-refractivity contribution is -0.131. The van der Waals surface area contributed by atoms with Crippen molar-refractivity contribution in [3.8, 4) is 11.5 Å². The van der Waals surface area contributed by atoms with Crippen LogP contribution in [0.1, 0.15) is 11.1 Å². The molecule has 132 valence electrons. The van der Waals surface area contributed by atoms with Crippen LogP contribution >= 0.6 is 11.6 Å². The van der Waals surface area contributed by atoms with E-state index in [4.69, 9.17) is 21.1 Å². The molecule has 7 heteroatoms. The van der Waals surface area contributed by atoms with Gasteiger partial charge in [0.1, 0.15) is 11.5 Å². The molecule has 0 unspecified atom stereocenters. The molecule has 0 spiro atoms. The van der Waals surface area contributed by atoms with Crippen LogP contribution in [-0.2, 0) is 9.59 Å². The van der Waals surface area contributed by atoms with Crippen molar-refractivity contribution in [3.63, 3.8) is 0 Å². The molecule has 0 bridgehead atoms. The van der Waals surface area contributed by atoms with E-state index in [0.717, 1.165) is 11.1 Å². The maximum Gasteiger partial charge on any atom is 0.276 e. The molecule has 25 heavy (non-hydrogen) atoms. The largest absolute Gasteiger partial charge is 0.483 e. The van der Waals surface area contributed by atoms with Crippen molar-refractivity contribution in [2.24, 2.45) is 0 Å². The summed E-state index contributed by atoms with van der Waals surface area (Å²) in [5.74, 6) is 0.0273. The van der Waals surface area contributed by atoms with Gasteiger partial charge in [-0.15, -0.1) is 0 Å². The molecule has 6 nitrogen and oxygen atoms in total. The van der Waals surface area contributed by atoms with Crippen LogP contribution in [0, 0.1) is 13.8 Å². The number of benzene rings is 2. The second-order valence-corrected chi connectivity index (χ2v) is 5.78. The van der Waals surface area contributed by atoms with Gasteiger partial charge in [-0.05, 0) is 43.2 Å². The van der Waals surface area contributed by atoms with Crippen molar-refractivity contribution < 1.29 is 19.1 Å². The molecule has 2 rings (SSSR count). The maximum absolute atomic E-state index is 11.7. The zero-order valence-corrected chi connectivity index (χ0v) is 14.7. The summed E-state index contributed by atoms with van der Waals surface area (Å²) in [5.41, 5.74) is 6.39. The van der Waals surface area contributed by atoms with Gasteiger partial charge >= 0.3 is 0 Å². The third-order valence-electron chi connectivity index (χ3n) is 3.24. The summed E-state index contributed by atoms with van der Waals surface area (Å²) in [7, 11) is 0. The number of amides is 2. The fraction of sp³-hybridized carbons (Fsp3) is 0.222. The molecule has 0 aliphatic heterocycles. The van der Waals surface area contributed by atoms with E-state index in [0.29, 0.717) is 16.5 Å². The van der Waals surface area contributed by atoms with E-state index in [1.807, 2.05) is 38.1 Å². The maximum atomic E-state index is 11.7. The van der Waals surface area contributed by atoms with Gasteiger partial charge in [0.05, 0.1) is 5.02 Å². The van der Waals surface area contributed by atoms with Gasteiger partial charge in [-0.25, -0.2) is 0 Å². The van der Waals surface area contributed by atoms with Gasteiger partial charge in [0, 0.05) is 0 Å². The quantitative estimate of drug-likeness (QED) is 0.774. The molecule has 0 radical (unpaired) electrons. The minimum Gasteiger partial charge on any atom is -0.483 e. The van der Waals surface area contributed by atoms with Crippen molar-refractivity contribution in [1.29, 1.82) is 0 Å². The van der Waals surface area contributed by atoms with Gasteiger partial charge < -0.3 is 9.47 Å². The molecule has 2 aromatic carbocycles. The molecule has 2 N–H and O–H groups in total. The first-order chi connectivity index (χ1) is 12.0. The van der Waals surface area contributed by atoms with Crippen molar-refractivity contribution in [2.75, 3.05) is 13.2 Å². The lowest BCUT2D eigenvalue weighted by Crippen LogP contribution is -2.45. The Bertz CT molecular complexity index is 764. The van der Waals surface area contributed by atoms with E-state index in [1.165, 1.54) is 0 Å². The summed E-state index contributed by atoms with van der Waals surface area (Å²) < 4.78 is 10.7. The third kappa shape index (κ3) is 6.00. The predicted molar refractivity (Wildman–Crippen MR) is 94.6 cm³/mol. The summed E-state index contributed by atoms with van der Waals surface area (Å²) in [5, 5.41) is 0.411. The monoisotopic (exact) mass is 362 g/mol. The number of ether oxygens (including phenoxy) is 2. The minimum absolute atomic E-state index is 0.213. The van der Waals surface area contributed by atoms with E-state index < -0.39 is 11.8 Å². The Labute approximate surface area is 151 Å². The van der Waals surface area contributed by atoms with E-state index in [-0.39, 0.29) is 13.2 Å². The van der Waals surface area contributed by atoms with Crippen LogP contribution in [0.25, 0.3) is 0 Å². The number of rotatable bonds is 6. The average Bonchev–Trinajstić information content (AvgIpc) is 2.60. The van der Waals surface area contributed by atoms with Gasteiger partial charge in [-0.2, -0.15) is 0 Å². The predicted octanol–water partition coefficient (Wildman–Crippen LogP) is 2.56. The zero-order valence-electron chi connectivity index (χ0n) is 14.0. The van der Waals surface area contributed by atoms with E-state index in [9.17, 15) is 9.59 Å². The molecule has 0 saturated heterocycles. The van der Waals surface area contributed by atoms with Crippen molar-refractivity contribution in [2.45, 2.75) is 13.8 Å². The molecule has 0 heterocycles. The molecule has 2 aromatic rings. The Morgan fingerprint density at radius 3 is 2.16 bits per heavy atom. The van der Waals surface area contributed by atoms with Crippen LogP contribution in [0.15, 0.2) is 42.5 Å². The van der Waals surface area contributed by atoms with Crippen molar-refractivity contribution >= 4 is 23.4 Å². The number of carbonyl (C=O) groups excluding carboxylic acids is 2. The summed E-state index contributed by atoms with van der Waals surface area (Å²) in [6.07, 6.45) is 0. The average molecular weight is 363 g/mol. The van der Waals surface area contributed by atoms with Crippen LogP contribution < -0.4 is 20.3 Å². The highest BCUT2D eigenvalue weighted by molar-refractivity contribution is 6.32. The molecule has 0 aromatic heterocycles. The molecule has 0 fully saturated rings. The normalized spacial score (nSPS) is 10.0. The molecular formula is C18H19ClN2O4. The van der Waals surface area contributed by atoms with Crippen molar-refractivity contribution in [3.05, 3.63) is 58.6 Å². The smallest absolute Gasteiger partial charge is 0.276 e. The Morgan fingerprint density at radius 1 is 0.920 bits per heavy atom. The van der Waals surface area contributed by atoms with Crippen LogP contribution in [0.2, 0.25) is 5.02 Å². The molecule has 2 amide bonds. The summed E-state index contributed by atoms with van der Waals surface area (Å²) in [6.45, 7) is 3.28. The van der Waals surface area contributed by atoms with E-state index in [1.54, 1.807) is 18.2 Å². The SMILES string of the molecule is Cc1ccc(Cl)c(OCC(=O)NNC(=O)COc2ccccc2C)c1. The van der Waals surface area contributed by atoms with Crippen LogP contribution in [0.4, 0.5) is 0 Å². The number of hydrogen-bond donors (Lipinski definition) is 2. The third-order valence-corrected chi connectivity index (χ3v) is 3.55. The highest BCUT2D eigenvalue weighted by Gasteiger charge is 2.09. The second kappa shape index (κ2) is 8.94. The molecule has 0 atom stereocenters. The Kier molecular flexibility index (Phi) is 6.65. The van der Waals surface area contributed by atoms with Gasteiger partial charge in [0.2, 0.25) is 0 Å². The summed E-state index contributed by atoms with van der Waals surface area (Å²) in [6, 6.07) is 12.6. The number of nitrogens with one attached hydrogen (secondary N) is 2. The minimum atomic E-state index is -0.512. The topological polar surface area (TPSA) is 76.7 Å². The first-order valence-corrected chi connectivity index (χ1v) is 7.98. The Morgan fingerprint density at radius 2 is 1.52 bits per heavy atom. The zero-order chi connectivity index (χ0) is 18.2. The van der Waals surface area contributed by atoms with Gasteiger partial charge in [0.15, 0.2) is 13.2 Å². The Balaban J connectivity index is 1.71. The number of aryl methyl sites for hydroxylation is 2. The summed E-state index contributed by atoms with van der Waals surface area (Å²) >= 11 is 5.98. The number of halogens is 1. The standard InChI is InChI=1S/C18H19ClN2O4/c1-12-7-8-14(19)16(9-12)25-11-18(23)21-20-17(22)10-24-15-6-4-3-5-13(15)2/h3-9H,10-11H2,1-2H3,(H,20,22)(H,21,23). The number of carbonyl (C=O) groups is 2. The molecule has 0 aliphatic carbocycles. The fourth-order valence-electron chi connectivity index (χ4n) is 1.94. The Hall–Kier alpha value is -2.73. The lowest BCUT2D eigenvalue weighted by atomic mass is 10.2. The van der Waals surface area contributed by atoms with Crippen LogP contribution in [0.5, 0.6) is 11.5 Å². The number of hydrogen-bond acceptors (Lipinski definition) is 4. The first kappa shape index (κ1) is 18.6.